The Labute approximate surface area is 78.1 Å². The molecule has 0 radical (unpaired) electrons. The molecule has 0 heterocycles. The van der Waals surface area contributed by atoms with E-state index in [-0.39, 0.29) is 0 Å². The molecule has 0 aliphatic rings. The van der Waals surface area contributed by atoms with Crippen molar-refractivity contribution in [2.75, 3.05) is 0 Å². The van der Waals surface area contributed by atoms with Gasteiger partial charge in [-0.15, -0.1) is 0 Å². The van der Waals surface area contributed by atoms with Gasteiger partial charge < -0.3 is 0 Å². The van der Waals surface area contributed by atoms with E-state index >= 15 is 0 Å². The predicted molar refractivity (Wildman–Crippen MR) is 57.3 cm³/mol. The molecule has 72 valence electrons. The van der Waals surface area contributed by atoms with Crippen molar-refractivity contribution < 1.29 is 0 Å². The van der Waals surface area contributed by atoms with E-state index in [1.165, 1.54) is 31.3 Å². The number of hydrogen-bond donors (Lipinski definition) is 0. The summed E-state index contributed by atoms with van der Waals surface area (Å²) in [6.07, 6.45) is 5.01. The molecule has 12 heavy (non-hydrogen) atoms. The van der Waals surface area contributed by atoms with E-state index in [4.69, 9.17) is 0 Å². The molecule has 0 aromatic carbocycles. The Hall–Kier alpha value is -0.260. The van der Waals surface area contributed by atoms with Crippen molar-refractivity contribution in [3.05, 3.63) is 12.2 Å². The average molecular weight is 168 g/mol. The Balaban J connectivity index is 3.84. The molecule has 0 N–H and O–H groups in total. The van der Waals surface area contributed by atoms with Crippen LogP contribution in [0.2, 0.25) is 0 Å². The maximum atomic E-state index is 4.18. The van der Waals surface area contributed by atoms with Gasteiger partial charge in [0.25, 0.3) is 0 Å². The van der Waals surface area contributed by atoms with Gasteiger partial charge in [0, 0.05) is 0 Å². The third-order valence-electron chi connectivity index (χ3n) is 2.87. The highest BCUT2D eigenvalue weighted by Crippen LogP contribution is 2.24. The van der Waals surface area contributed by atoms with Crippen LogP contribution in [0.15, 0.2) is 12.2 Å². The van der Waals surface area contributed by atoms with Crippen LogP contribution in [0.1, 0.15) is 53.4 Å². The third kappa shape index (κ3) is 3.94. The Kier molecular flexibility index (Phi) is 6.14. The fourth-order valence-corrected chi connectivity index (χ4v) is 1.62. The Morgan fingerprint density at radius 2 is 1.58 bits per heavy atom. The summed E-state index contributed by atoms with van der Waals surface area (Å²) in [6, 6.07) is 0. The van der Waals surface area contributed by atoms with Crippen molar-refractivity contribution in [2.45, 2.75) is 53.4 Å². The molecule has 0 fully saturated rings. The van der Waals surface area contributed by atoms with Crippen molar-refractivity contribution in [1.29, 1.82) is 0 Å². The van der Waals surface area contributed by atoms with E-state index in [0.717, 1.165) is 11.8 Å². The molecule has 0 spiro atoms. The molecule has 1 unspecified atom stereocenters. The highest BCUT2D eigenvalue weighted by molar-refractivity contribution is 5.00. The fraction of sp³-hybridized carbons (Fsp3) is 0.833. The summed E-state index contributed by atoms with van der Waals surface area (Å²) >= 11 is 0. The molecule has 0 aromatic rings. The second kappa shape index (κ2) is 6.28. The lowest BCUT2D eigenvalue weighted by atomic mass is 9.88. The van der Waals surface area contributed by atoms with Crippen LogP contribution >= 0.6 is 0 Å². The molecule has 0 heteroatoms. The monoisotopic (exact) mass is 168 g/mol. The summed E-state index contributed by atoms with van der Waals surface area (Å²) < 4.78 is 0. The van der Waals surface area contributed by atoms with Crippen LogP contribution in [0.5, 0.6) is 0 Å². The van der Waals surface area contributed by atoms with Crippen molar-refractivity contribution >= 4 is 0 Å². The lowest BCUT2D eigenvalue weighted by molar-refractivity contribution is 0.484. The molecule has 0 aromatic heterocycles. The second-order valence-corrected chi connectivity index (χ2v) is 3.89. The van der Waals surface area contributed by atoms with Gasteiger partial charge in [-0.3, -0.25) is 0 Å². The van der Waals surface area contributed by atoms with Gasteiger partial charge in [-0.25, -0.2) is 0 Å². The fourth-order valence-electron chi connectivity index (χ4n) is 1.62. The minimum absolute atomic E-state index is 0.763. The van der Waals surface area contributed by atoms with Crippen molar-refractivity contribution in [3.63, 3.8) is 0 Å². The minimum Gasteiger partial charge on any atom is -0.0996 e. The first-order valence-corrected chi connectivity index (χ1v) is 5.33. The molecular weight excluding hydrogens is 144 g/mol. The average Bonchev–Trinajstić information content (AvgIpc) is 2.06. The molecule has 0 saturated carbocycles. The molecule has 1 atom stereocenters. The number of rotatable bonds is 6. The highest BCUT2D eigenvalue weighted by Gasteiger charge is 2.10. The van der Waals surface area contributed by atoms with Gasteiger partial charge in [-0.1, -0.05) is 46.3 Å². The van der Waals surface area contributed by atoms with Gasteiger partial charge in [-0.2, -0.15) is 0 Å². The normalized spacial score (nSPS) is 13.4. The number of hydrogen-bond acceptors (Lipinski definition) is 0. The Morgan fingerprint density at radius 3 is 1.92 bits per heavy atom. The quantitative estimate of drug-likeness (QED) is 0.515. The molecule has 0 rings (SSSR count). The molecule has 0 saturated heterocycles. The van der Waals surface area contributed by atoms with Crippen LogP contribution in [0.4, 0.5) is 0 Å². The SMILES string of the molecule is C=C(CC(C)CC)C(CC)CC. The molecular formula is C12H24. The molecule has 0 bridgehead atoms. The lowest BCUT2D eigenvalue weighted by Crippen LogP contribution is -2.04. The zero-order chi connectivity index (χ0) is 9.56. The first-order valence-electron chi connectivity index (χ1n) is 5.33. The predicted octanol–water partition coefficient (Wildman–Crippen LogP) is 4.42. The first-order chi connectivity index (χ1) is 5.65. The molecule has 0 amide bonds. The highest BCUT2D eigenvalue weighted by atomic mass is 14.2. The van der Waals surface area contributed by atoms with E-state index < -0.39 is 0 Å². The van der Waals surface area contributed by atoms with E-state index in [2.05, 4.69) is 34.3 Å². The first kappa shape index (κ1) is 11.7. The largest absolute Gasteiger partial charge is 0.0996 e. The van der Waals surface area contributed by atoms with Gasteiger partial charge in [0.2, 0.25) is 0 Å². The van der Waals surface area contributed by atoms with Crippen LogP contribution in [-0.2, 0) is 0 Å². The molecule has 0 aliphatic heterocycles. The topological polar surface area (TPSA) is 0 Å². The third-order valence-corrected chi connectivity index (χ3v) is 2.87. The molecule has 0 aliphatic carbocycles. The van der Waals surface area contributed by atoms with Crippen molar-refractivity contribution in [2.24, 2.45) is 11.8 Å². The summed E-state index contributed by atoms with van der Waals surface area (Å²) in [4.78, 5) is 0. The summed E-state index contributed by atoms with van der Waals surface area (Å²) in [7, 11) is 0. The van der Waals surface area contributed by atoms with Gasteiger partial charge in [0.05, 0.1) is 0 Å². The van der Waals surface area contributed by atoms with Gasteiger partial charge >= 0.3 is 0 Å². The Morgan fingerprint density at radius 1 is 1.08 bits per heavy atom. The smallest absolute Gasteiger partial charge is 0.0211 e. The summed E-state index contributed by atoms with van der Waals surface area (Å²) in [5.41, 5.74) is 1.47. The number of allylic oxidation sites excluding steroid dienone is 1. The summed E-state index contributed by atoms with van der Waals surface area (Å²) in [5.74, 6) is 1.58. The summed E-state index contributed by atoms with van der Waals surface area (Å²) in [6.45, 7) is 13.3. The van der Waals surface area contributed by atoms with Crippen LogP contribution in [0.3, 0.4) is 0 Å². The van der Waals surface area contributed by atoms with Crippen molar-refractivity contribution in [1.82, 2.24) is 0 Å². The van der Waals surface area contributed by atoms with Crippen LogP contribution in [-0.4, -0.2) is 0 Å². The zero-order valence-corrected chi connectivity index (χ0v) is 9.19. The van der Waals surface area contributed by atoms with Crippen LogP contribution < -0.4 is 0 Å². The lowest BCUT2D eigenvalue weighted by Gasteiger charge is -2.18. The summed E-state index contributed by atoms with van der Waals surface area (Å²) in [5, 5.41) is 0. The molecule has 0 nitrogen and oxygen atoms in total. The van der Waals surface area contributed by atoms with E-state index in [1.54, 1.807) is 0 Å². The minimum atomic E-state index is 0.763. The standard InChI is InChI=1S/C12H24/c1-6-10(4)9-11(5)12(7-2)8-3/h10,12H,5-9H2,1-4H3. The Bertz CT molecular complexity index is 120. The maximum absolute atomic E-state index is 4.18. The van der Waals surface area contributed by atoms with Crippen LogP contribution in [0, 0.1) is 11.8 Å². The van der Waals surface area contributed by atoms with E-state index in [9.17, 15) is 0 Å². The van der Waals surface area contributed by atoms with E-state index in [0.29, 0.717) is 0 Å². The van der Waals surface area contributed by atoms with Gasteiger partial charge in [0.15, 0.2) is 0 Å². The van der Waals surface area contributed by atoms with E-state index in [1.807, 2.05) is 0 Å². The van der Waals surface area contributed by atoms with Gasteiger partial charge in [-0.05, 0) is 31.1 Å². The maximum Gasteiger partial charge on any atom is -0.0211 e. The second-order valence-electron chi connectivity index (χ2n) is 3.89. The van der Waals surface area contributed by atoms with Crippen molar-refractivity contribution in [3.8, 4) is 0 Å². The zero-order valence-electron chi connectivity index (χ0n) is 9.19. The van der Waals surface area contributed by atoms with Crippen LogP contribution in [0.25, 0.3) is 0 Å². The van der Waals surface area contributed by atoms with Gasteiger partial charge in [0.1, 0.15) is 0 Å².